The van der Waals surface area contributed by atoms with Crippen molar-refractivity contribution in [3.05, 3.63) is 103 Å². The molecule has 0 N–H and O–H groups in total. The van der Waals surface area contributed by atoms with E-state index in [2.05, 4.69) is 106 Å². The topological polar surface area (TPSA) is 0 Å². The van der Waals surface area contributed by atoms with Crippen LogP contribution in [0.3, 0.4) is 0 Å². The van der Waals surface area contributed by atoms with Crippen LogP contribution in [0.5, 0.6) is 0 Å². The number of benzene rings is 3. The van der Waals surface area contributed by atoms with E-state index in [9.17, 15) is 0 Å². The van der Waals surface area contributed by atoms with Crippen molar-refractivity contribution >= 4 is 0 Å². The van der Waals surface area contributed by atoms with Gasteiger partial charge in [0, 0.05) is 5.92 Å². The number of hydrogen-bond acceptors (Lipinski definition) is 0. The molecule has 3 aromatic carbocycles. The zero-order valence-corrected chi connectivity index (χ0v) is 20.6. The average Bonchev–Trinajstić information content (AvgIpc) is 2.67. The van der Waals surface area contributed by atoms with Gasteiger partial charge in [0.15, 0.2) is 0 Å². The summed E-state index contributed by atoms with van der Waals surface area (Å²) in [6.07, 6.45) is 0. The number of rotatable bonds is 4. The van der Waals surface area contributed by atoms with Gasteiger partial charge in [0.05, 0.1) is 0 Å². The van der Waals surface area contributed by atoms with Gasteiger partial charge in [0.1, 0.15) is 0 Å². The summed E-state index contributed by atoms with van der Waals surface area (Å²) < 4.78 is 0. The second kappa shape index (κ2) is 8.42. The summed E-state index contributed by atoms with van der Waals surface area (Å²) >= 11 is 0. The van der Waals surface area contributed by atoms with E-state index in [-0.39, 0.29) is 0 Å². The highest BCUT2D eigenvalue weighted by Crippen LogP contribution is 2.41. The minimum absolute atomic E-state index is 0.336. The van der Waals surface area contributed by atoms with E-state index in [0.717, 1.165) is 0 Å². The molecule has 0 aliphatic carbocycles. The van der Waals surface area contributed by atoms with E-state index in [0.29, 0.717) is 11.8 Å². The molecule has 0 amide bonds. The number of aryl methyl sites for hydroxylation is 6. The number of hydrogen-bond donors (Lipinski definition) is 0. The fourth-order valence-electron chi connectivity index (χ4n) is 4.79. The maximum Gasteiger partial charge on any atom is 0.0156 e. The Morgan fingerprint density at radius 2 is 0.633 bits per heavy atom. The minimum Gasteiger partial charge on any atom is -0.0575 e. The summed E-state index contributed by atoms with van der Waals surface area (Å²) in [5.74, 6) is 0.730. The molecule has 0 bridgehead atoms. The Morgan fingerprint density at radius 3 is 0.900 bits per heavy atom. The molecule has 0 aromatic heterocycles. The minimum atomic E-state index is 0.336. The first kappa shape index (κ1) is 22.3. The molecule has 0 saturated carbocycles. The van der Waals surface area contributed by atoms with Crippen LogP contribution in [0.25, 0.3) is 0 Å². The quantitative estimate of drug-likeness (QED) is 0.414. The molecule has 0 aliphatic rings. The second-order valence-electron chi connectivity index (χ2n) is 9.61. The van der Waals surface area contributed by atoms with Gasteiger partial charge >= 0.3 is 0 Å². The van der Waals surface area contributed by atoms with Crippen LogP contribution in [0.15, 0.2) is 36.4 Å². The van der Waals surface area contributed by atoms with Gasteiger partial charge in [-0.15, -0.1) is 0 Å². The second-order valence-corrected chi connectivity index (χ2v) is 9.61. The summed E-state index contributed by atoms with van der Waals surface area (Å²) in [6.45, 7) is 22.6. The van der Waals surface area contributed by atoms with E-state index < -0.39 is 0 Å². The Balaban J connectivity index is 2.25. The molecule has 0 saturated heterocycles. The first-order valence-electron chi connectivity index (χ1n) is 11.2. The third kappa shape index (κ3) is 4.10. The molecule has 0 fully saturated rings. The molecular formula is C30H38. The van der Waals surface area contributed by atoms with E-state index in [1.807, 2.05) is 0 Å². The first-order chi connectivity index (χ1) is 14.0. The van der Waals surface area contributed by atoms with Crippen molar-refractivity contribution in [1.82, 2.24) is 0 Å². The van der Waals surface area contributed by atoms with Crippen molar-refractivity contribution < 1.29 is 0 Å². The van der Waals surface area contributed by atoms with Crippen molar-refractivity contribution in [3.63, 3.8) is 0 Å². The standard InChI is InChI=1S/C30H38/c1-17-11-27(12-18(2)23(17)7)26(10)30(28-13-19(3)24(8)20(4)14-28)29-15-21(5)25(9)22(6)16-29/h11-16,26,30H,1-10H3. The van der Waals surface area contributed by atoms with Gasteiger partial charge in [-0.25, -0.2) is 0 Å². The normalized spacial score (nSPS) is 12.5. The molecule has 0 heterocycles. The van der Waals surface area contributed by atoms with Crippen molar-refractivity contribution in [1.29, 1.82) is 0 Å². The highest BCUT2D eigenvalue weighted by Gasteiger charge is 2.25. The maximum atomic E-state index is 2.42. The molecule has 30 heavy (non-hydrogen) atoms. The zero-order valence-electron chi connectivity index (χ0n) is 20.6. The molecule has 3 aromatic rings. The molecule has 0 aliphatic heterocycles. The van der Waals surface area contributed by atoms with Gasteiger partial charge in [0.2, 0.25) is 0 Å². The van der Waals surface area contributed by atoms with Crippen LogP contribution in [0.4, 0.5) is 0 Å². The third-order valence-electron chi connectivity index (χ3n) is 7.59. The lowest BCUT2D eigenvalue weighted by Crippen LogP contribution is -2.13. The van der Waals surface area contributed by atoms with Gasteiger partial charge in [0.25, 0.3) is 0 Å². The highest BCUT2D eigenvalue weighted by atomic mass is 14.3. The van der Waals surface area contributed by atoms with Gasteiger partial charge in [-0.2, -0.15) is 0 Å². The zero-order chi connectivity index (χ0) is 22.3. The van der Waals surface area contributed by atoms with Crippen molar-refractivity contribution in [2.45, 2.75) is 81.1 Å². The van der Waals surface area contributed by atoms with Crippen molar-refractivity contribution in [2.24, 2.45) is 0 Å². The largest absolute Gasteiger partial charge is 0.0575 e. The fourth-order valence-corrected chi connectivity index (χ4v) is 4.79. The summed E-state index contributed by atoms with van der Waals surface area (Å²) in [5, 5.41) is 0. The molecule has 3 rings (SSSR count). The average molecular weight is 399 g/mol. The van der Waals surface area contributed by atoms with Crippen molar-refractivity contribution in [3.8, 4) is 0 Å². The van der Waals surface area contributed by atoms with Crippen LogP contribution >= 0.6 is 0 Å². The van der Waals surface area contributed by atoms with Crippen LogP contribution in [0, 0.1) is 62.3 Å². The summed E-state index contributed by atoms with van der Waals surface area (Å²) in [6, 6.07) is 14.5. The monoisotopic (exact) mass is 398 g/mol. The lowest BCUT2D eigenvalue weighted by molar-refractivity contribution is 0.654. The summed E-state index contributed by atoms with van der Waals surface area (Å²) in [5.41, 5.74) is 16.9. The van der Waals surface area contributed by atoms with Gasteiger partial charge in [-0.05, 0) is 135 Å². The van der Waals surface area contributed by atoms with Crippen LogP contribution in [-0.2, 0) is 0 Å². The lowest BCUT2D eigenvalue weighted by Gasteiger charge is -2.29. The summed E-state index contributed by atoms with van der Waals surface area (Å²) in [7, 11) is 0. The molecule has 0 spiro atoms. The van der Waals surface area contributed by atoms with Gasteiger partial charge in [-0.1, -0.05) is 43.3 Å². The highest BCUT2D eigenvalue weighted by molar-refractivity contribution is 5.48. The van der Waals surface area contributed by atoms with E-state index in [4.69, 9.17) is 0 Å². The van der Waals surface area contributed by atoms with Crippen LogP contribution in [-0.4, -0.2) is 0 Å². The molecule has 1 atom stereocenters. The van der Waals surface area contributed by atoms with Crippen LogP contribution in [0.1, 0.15) is 85.5 Å². The summed E-state index contributed by atoms with van der Waals surface area (Å²) in [4.78, 5) is 0. The van der Waals surface area contributed by atoms with E-state index in [1.165, 1.54) is 66.8 Å². The Hall–Kier alpha value is -2.34. The Bertz CT molecular complexity index is 971. The molecule has 158 valence electrons. The Labute approximate surface area is 184 Å². The molecular weight excluding hydrogens is 360 g/mol. The molecule has 0 heteroatoms. The first-order valence-corrected chi connectivity index (χ1v) is 11.2. The smallest absolute Gasteiger partial charge is 0.0156 e. The van der Waals surface area contributed by atoms with Gasteiger partial charge in [-0.3, -0.25) is 0 Å². The fraction of sp³-hybridized carbons (Fsp3) is 0.400. The maximum absolute atomic E-state index is 2.42. The molecule has 0 radical (unpaired) electrons. The SMILES string of the molecule is Cc1cc(C(C)C(c2cc(C)c(C)c(C)c2)c2cc(C)c(C)c(C)c2)cc(C)c1C. The van der Waals surface area contributed by atoms with E-state index in [1.54, 1.807) is 0 Å². The van der Waals surface area contributed by atoms with Crippen LogP contribution in [0.2, 0.25) is 0 Å². The molecule has 1 unspecified atom stereocenters. The van der Waals surface area contributed by atoms with Gasteiger partial charge < -0.3 is 0 Å². The predicted octanol–water partition coefficient (Wildman–Crippen LogP) is 8.40. The molecule has 0 nitrogen and oxygen atoms in total. The van der Waals surface area contributed by atoms with Crippen LogP contribution < -0.4 is 0 Å². The van der Waals surface area contributed by atoms with E-state index >= 15 is 0 Å². The Kier molecular flexibility index (Phi) is 6.27. The lowest BCUT2D eigenvalue weighted by atomic mass is 9.75. The Morgan fingerprint density at radius 1 is 0.400 bits per heavy atom. The van der Waals surface area contributed by atoms with Crippen molar-refractivity contribution in [2.75, 3.05) is 0 Å². The predicted molar refractivity (Wildman–Crippen MR) is 132 cm³/mol. The third-order valence-corrected chi connectivity index (χ3v) is 7.59.